The molecule has 0 bridgehead atoms. The molecule has 1 aromatic carbocycles. The molecule has 5 nitrogen and oxygen atoms in total. The summed E-state index contributed by atoms with van der Waals surface area (Å²) in [6.07, 6.45) is 0.633. The van der Waals surface area contributed by atoms with Gasteiger partial charge in [0.1, 0.15) is 0 Å². The zero-order valence-electron chi connectivity index (χ0n) is 14.3. The van der Waals surface area contributed by atoms with Gasteiger partial charge in [-0.15, -0.1) is 11.3 Å². The highest BCUT2D eigenvalue weighted by atomic mass is 32.1. The van der Waals surface area contributed by atoms with Crippen molar-refractivity contribution in [3.63, 3.8) is 0 Å². The molecule has 0 unspecified atom stereocenters. The number of nitrogens with zero attached hydrogens (tertiary/aromatic N) is 3. The Hall–Kier alpha value is -3.20. The highest BCUT2D eigenvalue weighted by molar-refractivity contribution is 7.15. The summed E-state index contributed by atoms with van der Waals surface area (Å²) >= 11 is 1.38. The van der Waals surface area contributed by atoms with Crippen LogP contribution in [0.25, 0.3) is 16.2 Å². The van der Waals surface area contributed by atoms with Crippen LogP contribution in [-0.2, 0) is 12.7 Å². The van der Waals surface area contributed by atoms with E-state index in [1.165, 1.54) is 23.5 Å². The molecule has 4 rings (SSSR count). The maximum atomic E-state index is 12.9. The predicted molar refractivity (Wildman–Crippen MR) is 98.9 cm³/mol. The minimum absolute atomic E-state index is 0.0413. The van der Waals surface area contributed by atoms with E-state index in [1.54, 1.807) is 29.1 Å². The van der Waals surface area contributed by atoms with Gasteiger partial charge in [-0.25, -0.2) is 4.98 Å². The summed E-state index contributed by atoms with van der Waals surface area (Å²) in [5.74, 6) is -0.466. The minimum Gasteiger partial charge on any atom is -0.347 e. The molecule has 0 fully saturated rings. The van der Waals surface area contributed by atoms with Crippen molar-refractivity contribution in [2.45, 2.75) is 12.7 Å². The number of imidazole rings is 1. The predicted octanol–water partition coefficient (Wildman–Crippen LogP) is 4.41. The number of amides is 1. The molecule has 0 saturated heterocycles. The van der Waals surface area contributed by atoms with Crippen molar-refractivity contribution < 1.29 is 18.0 Å². The number of halogens is 3. The van der Waals surface area contributed by atoms with Crippen LogP contribution in [0.2, 0.25) is 0 Å². The van der Waals surface area contributed by atoms with Gasteiger partial charge in [0.25, 0.3) is 5.91 Å². The molecule has 9 heteroatoms. The highest BCUT2D eigenvalue weighted by Gasteiger charge is 2.30. The molecule has 1 N–H and O–H groups in total. The lowest BCUT2D eigenvalue weighted by molar-refractivity contribution is -0.137. The molecule has 1 amide bonds. The van der Waals surface area contributed by atoms with Crippen molar-refractivity contribution in [2.24, 2.45) is 0 Å². The number of nitrogens with one attached hydrogen (secondary N) is 1. The van der Waals surface area contributed by atoms with Crippen LogP contribution in [0.1, 0.15) is 21.6 Å². The van der Waals surface area contributed by atoms with Gasteiger partial charge in [-0.05, 0) is 29.8 Å². The Labute approximate surface area is 161 Å². The van der Waals surface area contributed by atoms with Crippen LogP contribution in [0.15, 0.2) is 60.4 Å². The lowest BCUT2D eigenvalue weighted by Gasteiger charge is -2.10. The molecule has 0 atom stereocenters. The summed E-state index contributed by atoms with van der Waals surface area (Å²) in [5.41, 5.74) is 1.11. The van der Waals surface area contributed by atoms with E-state index in [0.717, 1.165) is 17.7 Å². The van der Waals surface area contributed by atoms with Crippen LogP contribution in [0, 0.1) is 0 Å². The lowest BCUT2D eigenvalue weighted by Crippen LogP contribution is -2.24. The Kier molecular flexibility index (Phi) is 4.60. The zero-order chi connectivity index (χ0) is 19.7. The Bertz CT molecular complexity index is 1140. The SMILES string of the molecule is O=C(NCc1cccc(C(F)(F)F)c1)c1nc2sccn2c1-c1cccnc1. The first kappa shape index (κ1) is 18.2. The third-order valence-corrected chi connectivity index (χ3v) is 4.88. The smallest absolute Gasteiger partial charge is 0.347 e. The molecule has 3 heterocycles. The second-order valence-corrected chi connectivity index (χ2v) is 6.86. The third kappa shape index (κ3) is 3.48. The second kappa shape index (κ2) is 7.08. The van der Waals surface area contributed by atoms with Gasteiger partial charge in [0.05, 0.1) is 11.3 Å². The molecule has 0 aliphatic rings. The Morgan fingerprint density at radius 1 is 1.21 bits per heavy atom. The lowest BCUT2D eigenvalue weighted by atomic mass is 10.1. The maximum absolute atomic E-state index is 12.9. The Balaban J connectivity index is 1.61. The highest BCUT2D eigenvalue weighted by Crippen LogP contribution is 2.30. The Morgan fingerprint density at radius 2 is 2.07 bits per heavy atom. The number of hydrogen-bond donors (Lipinski definition) is 1. The summed E-state index contributed by atoms with van der Waals surface area (Å²) in [4.78, 5) is 21.8. The first-order chi connectivity index (χ1) is 13.4. The fourth-order valence-corrected chi connectivity index (χ4v) is 3.56. The van der Waals surface area contributed by atoms with Crippen LogP contribution in [0.3, 0.4) is 0 Å². The van der Waals surface area contributed by atoms with Gasteiger partial charge in [0.15, 0.2) is 10.7 Å². The molecule has 0 saturated carbocycles. The number of benzene rings is 1. The molecule has 142 valence electrons. The molecule has 28 heavy (non-hydrogen) atoms. The second-order valence-electron chi connectivity index (χ2n) is 5.99. The van der Waals surface area contributed by atoms with Crippen molar-refractivity contribution in [2.75, 3.05) is 0 Å². The zero-order valence-corrected chi connectivity index (χ0v) is 15.1. The molecule has 4 aromatic rings. The standard InChI is InChI=1S/C19H13F3N4OS/c20-19(21,22)14-5-1-3-12(9-14)10-24-17(27)15-16(13-4-2-6-23-11-13)26-7-8-28-18(26)25-15/h1-9,11H,10H2,(H,24,27). The van der Waals surface area contributed by atoms with Crippen molar-refractivity contribution in [3.05, 3.63) is 77.2 Å². The van der Waals surface area contributed by atoms with Crippen LogP contribution in [-0.4, -0.2) is 20.3 Å². The normalized spacial score (nSPS) is 11.7. The molecular weight excluding hydrogens is 389 g/mol. The van der Waals surface area contributed by atoms with E-state index < -0.39 is 17.6 Å². The first-order valence-corrected chi connectivity index (χ1v) is 9.12. The van der Waals surface area contributed by atoms with Crippen molar-refractivity contribution in [1.29, 1.82) is 0 Å². The summed E-state index contributed by atoms with van der Waals surface area (Å²) in [5, 5.41) is 4.51. The first-order valence-electron chi connectivity index (χ1n) is 8.24. The van der Waals surface area contributed by atoms with E-state index >= 15 is 0 Å². The minimum atomic E-state index is -4.43. The van der Waals surface area contributed by atoms with Gasteiger partial charge in [-0.1, -0.05) is 12.1 Å². The number of alkyl halides is 3. The van der Waals surface area contributed by atoms with E-state index in [4.69, 9.17) is 0 Å². The number of thiazole rings is 1. The summed E-state index contributed by atoms with van der Waals surface area (Å²) in [6, 6.07) is 8.44. The average Bonchev–Trinajstić information content (AvgIpc) is 3.27. The van der Waals surface area contributed by atoms with Gasteiger partial charge in [0.2, 0.25) is 0 Å². The number of carbonyl (C=O) groups excluding carboxylic acids is 1. The third-order valence-electron chi connectivity index (χ3n) is 4.12. The monoisotopic (exact) mass is 402 g/mol. The number of carbonyl (C=O) groups is 1. The number of aromatic nitrogens is 3. The van der Waals surface area contributed by atoms with E-state index in [2.05, 4.69) is 15.3 Å². The molecule has 0 aliphatic heterocycles. The van der Waals surface area contributed by atoms with Crippen molar-refractivity contribution in [1.82, 2.24) is 19.7 Å². The van der Waals surface area contributed by atoms with Gasteiger partial charge >= 0.3 is 6.18 Å². The topological polar surface area (TPSA) is 59.3 Å². The van der Waals surface area contributed by atoms with Crippen molar-refractivity contribution in [3.8, 4) is 11.3 Å². The van der Waals surface area contributed by atoms with E-state index in [-0.39, 0.29) is 12.2 Å². The van der Waals surface area contributed by atoms with Crippen molar-refractivity contribution >= 4 is 22.2 Å². The fraction of sp³-hybridized carbons (Fsp3) is 0.105. The molecule has 3 aromatic heterocycles. The van der Waals surface area contributed by atoms with Crippen LogP contribution in [0.5, 0.6) is 0 Å². The van der Waals surface area contributed by atoms with Gasteiger partial charge < -0.3 is 5.32 Å². The molecule has 0 radical (unpaired) electrons. The number of pyridine rings is 1. The number of fused-ring (bicyclic) bond motifs is 1. The average molecular weight is 402 g/mol. The summed E-state index contributed by atoms with van der Waals surface area (Å²) < 4.78 is 40.3. The summed E-state index contributed by atoms with van der Waals surface area (Å²) in [7, 11) is 0. The number of rotatable bonds is 4. The van der Waals surface area contributed by atoms with Gasteiger partial charge in [-0.2, -0.15) is 13.2 Å². The molecular formula is C19H13F3N4OS. The van der Waals surface area contributed by atoms with Crippen LogP contribution in [0.4, 0.5) is 13.2 Å². The quantitative estimate of drug-likeness (QED) is 0.550. The van der Waals surface area contributed by atoms with E-state index in [0.29, 0.717) is 16.2 Å². The van der Waals surface area contributed by atoms with Crippen LogP contribution < -0.4 is 5.32 Å². The maximum Gasteiger partial charge on any atom is 0.416 e. The molecule has 0 spiro atoms. The fourth-order valence-electron chi connectivity index (χ4n) is 2.85. The van der Waals surface area contributed by atoms with Gasteiger partial charge in [0, 0.05) is 36.1 Å². The van der Waals surface area contributed by atoms with Gasteiger partial charge in [-0.3, -0.25) is 14.2 Å². The van der Waals surface area contributed by atoms with E-state index in [9.17, 15) is 18.0 Å². The Morgan fingerprint density at radius 3 is 2.82 bits per heavy atom. The largest absolute Gasteiger partial charge is 0.416 e. The number of hydrogen-bond acceptors (Lipinski definition) is 4. The molecule has 0 aliphatic carbocycles. The summed E-state index contributed by atoms with van der Waals surface area (Å²) in [6.45, 7) is -0.0413. The van der Waals surface area contributed by atoms with Crippen LogP contribution >= 0.6 is 11.3 Å². The van der Waals surface area contributed by atoms with E-state index in [1.807, 2.05) is 11.4 Å².